The zero-order valence-electron chi connectivity index (χ0n) is 10.2. The molecule has 2 aromatic rings. The summed E-state index contributed by atoms with van der Waals surface area (Å²) in [6.07, 6.45) is 0. The van der Waals surface area contributed by atoms with Crippen molar-refractivity contribution in [2.75, 3.05) is 0 Å². The third kappa shape index (κ3) is 3.16. The smallest absolute Gasteiger partial charge is 0.337 e. The summed E-state index contributed by atoms with van der Waals surface area (Å²) < 4.78 is 26.5. The van der Waals surface area contributed by atoms with E-state index in [9.17, 15) is 23.7 Å². The summed E-state index contributed by atoms with van der Waals surface area (Å²) >= 11 is 0.569. The van der Waals surface area contributed by atoms with E-state index >= 15 is 0 Å². The first kappa shape index (κ1) is 14.9. The summed E-state index contributed by atoms with van der Waals surface area (Å²) in [6.45, 7) is 0. The van der Waals surface area contributed by atoms with Crippen LogP contribution in [0.4, 0.5) is 14.5 Å². The average Bonchev–Trinajstić information content (AvgIpc) is 2.41. The van der Waals surface area contributed by atoms with Gasteiger partial charge in [-0.1, -0.05) is 17.8 Å². The van der Waals surface area contributed by atoms with Gasteiger partial charge in [-0.2, -0.15) is 0 Å². The predicted molar refractivity (Wildman–Crippen MR) is 70.5 cm³/mol. The molecular weight excluding hydrogens is 304 g/mol. The molecule has 0 spiro atoms. The van der Waals surface area contributed by atoms with E-state index in [1.54, 1.807) is 0 Å². The molecule has 0 aliphatic heterocycles. The number of benzene rings is 2. The van der Waals surface area contributed by atoms with E-state index in [1.807, 2.05) is 0 Å². The minimum atomic E-state index is -1.37. The van der Waals surface area contributed by atoms with Crippen LogP contribution in [0.5, 0.6) is 0 Å². The summed E-state index contributed by atoms with van der Waals surface area (Å²) in [4.78, 5) is 21.0. The second kappa shape index (κ2) is 5.88. The van der Waals surface area contributed by atoms with Gasteiger partial charge in [0, 0.05) is 17.0 Å². The number of aromatic carboxylic acids is 1. The van der Waals surface area contributed by atoms with Crippen LogP contribution in [0.3, 0.4) is 0 Å². The Kier molecular flexibility index (Phi) is 4.18. The molecule has 108 valence electrons. The van der Waals surface area contributed by atoms with Crippen LogP contribution in [-0.4, -0.2) is 16.0 Å². The summed E-state index contributed by atoms with van der Waals surface area (Å²) in [5.41, 5.74) is -0.776. The quantitative estimate of drug-likeness (QED) is 0.687. The van der Waals surface area contributed by atoms with Crippen LogP contribution in [-0.2, 0) is 0 Å². The van der Waals surface area contributed by atoms with Crippen molar-refractivity contribution >= 4 is 23.4 Å². The van der Waals surface area contributed by atoms with Gasteiger partial charge in [0.25, 0.3) is 5.69 Å². The lowest BCUT2D eigenvalue weighted by molar-refractivity contribution is -0.387. The average molecular weight is 311 g/mol. The molecule has 0 aliphatic rings. The van der Waals surface area contributed by atoms with Gasteiger partial charge in [-0.3, -0.25) is 10.1 Å². The molecule has 8 heteroatoms. The second-order valence-electron chi connectivity index (χ2n) is 3.89. The number of carboxylic acid groups (broad SMARTS) is 1. The first-order valence-electron chi connectivity index (χ1n) is 5.53. The van der Waals surface area contributed by atoms with Gasteiger partial charge in [-0.25, -0.2) is 13.6 Å². The van der Waals surface area contributed by atoms with E-state index in [4.69, 9.17) is 5.11 Å². The van der Waals surface area contributed by atoms with Gasteiger partial charge in [-0.05, 0) is 18.2 Å². The molecule has 0 saturated heterocycles. The molecule has 0 unspecified atom stereocenters. The van der Waals surface area contributed by atoms with Crippen molar-refractivity contribution in [3.05, 3.63) is 63.7 Å². The van der Waals surface area contributed by atoms with E-state index in [1.165, 1.54) is 12.1 Å². The Morgan fingerprint density at radius 1 is 1.24 bits per heavy atom. The van der Waals surface area contributed by atoms with Gasteiger partial charge in [0.1, 0.15) is 16.5 Å². The SMILES string of the molecule is O=C(O)c1cccc([N+](=O)[O-])c1Sc1ccc(F)cc1F. The Bertz CT molecular complexity index is 704. The number of hydrogen-bond donors (Lipinski definition) is 1. The molecule has 0 amide bonds. The molecule has 0 fully saturated rings. The molecule has 0 aromatic heterocycles. The molecule has 0 radical (unpaired) electrons. The Balaban J connectivity index is 2.56. The van der Waals surface area contributed by atoms with Crippen LogP contribution in [0, 0.1) is 21.7 Å². The summed E-state index contributed by atoms with van der Waals surface area (Å²) in [5.74, 6) is -3.09. The number of nitro benzene ring substituents is 1. The summed E-state index contributed by atoms with van der Waals surface area (Å²) in [6, 6.07) is 6.23. The fourth-order valence-electron chi connectivity index (χ4n) is 1.61. The van der Waals surface area contributed by atoms with Crippen LogP contribution in [0.2, 0.25) is 0 Å². The van der Waals surface area contributed by atoms with Crippen molar-refractivity contribution in [3.8, 4) is 0 Å². The lowest BCUT2D eigenvalue weighted by Gasteiger charge is -2.07. The zero-order chi connectivity index (χ0) is 15.6. The normalized spacial score (nSPS) is 10.4. The molecule has 2 aromatic carbocycles. The van der Waals surface area contributed by atoms with Crippen molar-refractivity contribution in [2.45, 2.75) is 9.79 Å². The van der Waals surface area contributed by atoms with Gasteiger partial charge in [0.15, 0.2) is 0 Å². The van der Waals surface area contributed by atoms with Crippen molar-refractivity contribution in [3.63, 3.8) is 0 Å². The molecule has 1 N–H and O–H groups in total. The highest BCUT2D eigenvalue weighted by Gasteiger charge is 2.23. The van der Waals surface area contributed by atoms with Crippen LogP contribution < -0.4 is 0 Å². The van der Waals surface area contributed by atoms with E-state index in [-0.39, 0.29) is 15.4 Å². The number of carboxylic acids is 1. The van der Waals surface area contributed by atoms with Gasteiger partial charge < -0.3 is 5.11 Å². The third-order valence-corrected chi connectivity index (χ3v) is 3.71. The van der Waals surface area contributed by atoms with Crippen molar-refractivity contribution in [1.29, 1.82) is 0 Å². The van der Waals surface area contributed by atoms with Crippen molar-refractivity contribution in [2.24, 2.45) is 0 Å². The van der Waals surface area contributed by atoms with E-state index < -0.39 is 28.2 Å². The molecule has 0 atom stereocenters. The van der Waals surface area contributed by atoms with Crippen LogP contribution in [0.25, 0.3) is 0 Å². The Labute approximate surface area is 121 Å². The fourth-order valence-corrected chi connectivity index (χ4v) is 2.64. The van der Waals surface area contributed by atoms with E-state index in [2.05, 4.69) is 0 Å². The lowest BCUT2D eigenvalue weighted by Crippen LogP contribution is -2.02. The predicted octanol–water partition coefficient (Wildman–Crippen LogP) is 3.72. The number of hydrogen-bond acceptors (Lipinski definition) is 4. The molecule has 0 heterocycles. The maximum atomic E-state index is 13.6. The lowest BCUT2D eigenvalue weighted by atomic mass is 10.2. The van der Waals surface area contributed by atoms with E-state index in [0.29, 0.717) is 17.8 Å². The number of nitrogens with zero attached hydrogens (tertiary/aromatic N) is 1. The van der Waals surface area contributed by atoms with Crippen LogP contribution in [0.15, 0.2) is 46.2 Å². The highest BCUT2D eigenvalue weighted by molar-refractivity contribution is 7.99. The monoisotopic (exact) mass is 311 g/mol. The topological polar surface area (TPSA) is 80.4 Å². The van der Waals surface area contributed by atoms with Gasteiger partial charge in [-0.15, -0.1) is 0 Å². The van der Waals surface area contributed by atoms with Gasteiger partial charge in [0.2, 0.25) is 0 Å². The molecule has 0 aliphatic carbocycles. The standard InChI is InChI=1S/C13H7F2NO4S/c14-7-4-5-11(9(15)6-7)21-12-8(13(17)18)2-1-3-10(12)16(19)20/h1-6H,(H,17,18). The highest BCUT2D eigenvalue weighted by Crippen LogP contribution is 2.38. The first-order chi connectivity index (χ1) is 9.90. The first-order valence-corrected chi connectivity index (χ1v) is 6.35. The van der Waals surface area contributed by atoms with Crippen molar-refractivity contribution in [1.82, 2.24) is 0 Å². The number of halogens is 2. The zero-order valence-corrected chi connectivity index (χ0v) is 11.1. The number of carbonyl (C=O) groups is 1. The maximum Gasteiger partial charge on any atom is 0.337 e. The minimum absolute atomic E-state index is 0.104. The largest absolute Gasteiger partial charge is 0.478 e. The molecule has 0 saturated carbocycles. The third-order valence-electron chi connectivity index (χ3n) is 2.53. The maximum absolute atomic E-state index is 13.6. The Hall–Kier alpha value is -2.48. The van der Waals surface area contributed by atoms with Crippen LogP contribution >= 0.6 is 11.8 Å². The van der Waals surface area contributed by atoms with Crippen molar-refractivity contribution < 1.29 is 23.6 Å². The summed E-state index contributed by atoms with van der Waals surface area (Å²) in [5, 5.41) is 20.0. The van der Waals surface area contributed by atoms with Crippen LogP contribution in [0.1, 0.15) is 10.4 Å². The highest BCUT2D eigenvalue weighted by atomic mass is 32.2. The molecule has 21 heavy (non-hydrogen) atoms. The Morgan fingerprint density at radius 2 is 1.95 bits per heavy atom. The number of nitro groups is 1. The number of rotatable bonds is 4. The molecular formula is C13H7F2NO4S. The molecule has 5 nitrogen and oxygen atoms in total. The van der Waals surface area contributed by atoms with E-state index in [0.717, 1.165) is 18.2 Å². The molecule has 2 rings (SSSR count). The van der Waals surface area contributed by atoms with Gasteiger partial charge >= 0.3 is 5.97 Å². The van der Waals surface area contributed by atoms with Gasteiger partial charge in [0.05, 0.1) is 10.5 Å². The molecule has 0 bridgehead atoms. The Morgan fingerprint density at radius 3 is 2.52 bits per heavy atom. The minimum Gasteiger partial charge on any atom is -0.478 e. The summed E-state index contributed by atoms with van der Waals surface area (Å²) in [7, 11) is 0. The second-order valence-corrected chi connectivity index (χ2v) is 4.95. The fraction of sp³-hybridized carbons (Fsp3) is 0.